The van der Waals surface area contributed by atoms with Crippen LogP contribution in [0.15, 0.2) is 61.6 Å². The lowest BCUT2D eigenvalue weighted by molar-refractivity contribution is 0.560. The van der Waals surface area contributed by atoms with Gasteiger partial charge in [0.2, 0.25) is 0 Å². The third-order valence-electron chi connectivity index (χ3n) is 5.88. The Balaban J connectivity index is 1.42. The molecule has 1 aliphatic carbocycles. The number of aromatic nitrogens is 2. The lowest BCUT2D eigenvalue weighted by Crippen LogP contribution is -2.11. The van der Waals surface area contributed by atoms with Crippen molar-refractivity contribution in [2.75, 3.05) is 0 Å². The number of fused-ring (bicyclic) bond motifs is 6. The van der Waals surface area contributed by atoms with Gasteiger partial charge in [-0.1, -0.05) is 42.1 Å². The molecular formula is C24H18N2O3S2. The number of hydrogen-bond donors (Lipinski definition) is 1. The molecule has 0 unspecified atom stereocenters. The molecule has 3 aromatic heterocycles. The molecule has 5 nitrogen and oxygen atoms in total. The number of H-pyrrole nitrogens is 1. The van der Waals surface area contributed by atoms with E-state index in [2.05, 4.69) is 4.98 Å². The molecule has 0 spiro atoms. The molecule has 0 bridgehead atoms. The van der Waals surface area contributed by atoms with Gasteiger partial charge in [0.25, 0.3) is 5.56 Å². The molecule has 0 saturated carbocycles. The first-order valence-corrected chi connectivity index (χ1v) is 12.1. The Morgan fingerprint density at radius 2 is 1.94 bits per heavy atom. The predicted octanol–water partition coefficient (Wildman–Crippen LogP) is 5.42. The van der Waals surface area contributed by atoms with Crippen LogP contribution in [-0.2, 0) is 18.6 Å². The summed E-state index contributed by atoms with van der Waals surface area (Å²) in [5, 5.41) is 4.41. The molecule has 0 amide bonds. The van der Waals surface area contributed by atoms with E-state index in [0.717, 1.165) is 51.2 Å². The minimum Gasteiger partial charge on any atom is -0.423 e. The molecule has 3 heterocycles. The maximum absolute atomic E-state index is 12.8. The van der Waals surface area contributed by atoms with Crippen LogP contribution in [0.5, 0.6) is 0 Å². The Hall–Kier alpha value is -2.90. The van der Waals surface area contributed by atoms with Crippen LogP contribution in [0.4, 0.5) is 0 Å². The molecule has 7 heteroatoms. The maximum Gasteiger partial charge on any atom is 0.336 e. The van der Waals surface area contributed by atoms with Gasteiger partial charge in [-0.3, -0.25) is 4.79 Å². The number of thiophene rings is 1. The SMILES string of the molecule is O=c1cc(CSc2nc3sc4c(c3c(=O)[nH]2)CCCC4)c2c(ccc3ccccc32)o1. The summed E-state index contributed by atoms with van der Waals surface area (Å²) in [6, 6.07) is 13.4. The third-order valence-corrected chi connectivity index (χ3v) is 7.99. The quantitative estimate of drug-likeness (QED) is 0.173. The predicted molar refractivity (Wildman–Crippen MR) is 126 cm³/mol. The second-order valence-electron chi connectivity index (χ2n) is 7.80. The van der Waals surface area contributed by atoms with Crippen molar-refractivity contribution in [2.45, 2.75) is 36.6 Å². The summed E-state index contributed by atoms with van der Waals surface area (Å²) >= 11 is 3.09. The summed E-state index contributed by atoms with van der Waals surface area (Å²) in [6.07, 6.45) is 4.31. The summed E-state index contributed by atoms with van der Waals surface area (Å²) in [4.78, 5) is 34.8. The van der Waals surface area contributed by atoms with E-state index in [4.69, 9.17) is 9.40 Å². The van der Waals surface area contributed by atoms with Gasteiger partial charge in [0.1, 0.15) is 10.4 Å². The van der Waals surface area contributed by atoms with Crippen LogP contribution in [0.3, 0.4) is 0 Å². The van der Waals surface area contributed by atoms with Crippen LogP contribution >= 0.6 is 23.1 Å². The molecule has 0 atom stereocenters. The van der Waals surface area contributed by atoms with Crippen molar-refractivity contribution in [3.05, 3.63) is 79.2 Å². The van der Waals surface area contributed by atoms with E-state index in [9.17, 15) is 9.59 Å². The zero-order valence-corrected chi connectivity index (χ0v) is 18.2. The normalized spacial score (nSPS) is 13.8. The molecule has 0 saturated heterocycles. The Labute approximate surface area is 185 Å². The van der Waals surface area contributed by atoms with E-state index in [1.54, 1.807) is 17.4 Å². The largest absolute Gasteiger partial charge is 0.423 e. The minimum absolute atomic E-state index is 0.0604. The number of aryl methyl sites for hydroxylation is 2. The van der Waals surface area contributed by atoms with Crippen molar-refractivity contribution in [3.63, 3.8) is 0 Å². The summed E-state index contributed by atoms with van der Waals surface area (Å²) < 4.78 is 5.45. The molecule has 1 aliphatic rings. The van der Waals surface area contributed by atoms with Crippen molar-refractivity contribution in [1.29, 1.82) is 0 Å². The summed E-state index contributed by atoms with van der Waals surface area (Å²) in [5.74, 6) is 0.510. The Kier molecular flexibility index (Phi) is 4.47. The van der Waals surface area contributed by atoms with Crippen molar-refractivity contribution in [2.24, 2.45) is 0 Å². The van der Waals surface area contributed by atoms with Gasteiger partial charge < -0.3 is 9.40 Å². The van der Waals surface area contributed by atoms with Crippen LogP contribution in [0.2, 0.25) is 0 Å². The number of hydrogen-bond acceptors (Lipinski definition) is 6. The molecular weight excluding hydrogens is 428 g/mol. The fourth-order valence-corrected chi connectivity index (χ4v) is 6.65. The van der Waals surface area contributed by atoms with Gasteiger partial charge in [0.05, 0.1) is 5.39 Å². The maximum atomic E-state index is 12.8. The van der Waals surface area contributed by atoms with E-state index in [0.29, 0.717) is 16.5 Å². The van der Waals surface area contributed by atoms with Gasteiger partial charge in [-0.2, -0.15) is 0 Å². The molecule has 0 fully saturated rings. The first-order valence-electron chi connectivity index (χ1n) is 10.3. The molecule has 0 radical (unpaired) electrons. The van der Waals surface area contributed by atoms with Crippen LogP contribution in [0.25, 0.3) is 32.0 Å². The van der Waals surface area contributed by atoms with Gasteiger partial charge >= 0.3 is 5.63 Å². The van der Waals surface area contributed by atoms with Crippen molar-refractivity contribution >= 4 is 55.1 Å². The Morgan fingerprint density at radius 1 is 1.06 bits per heavy atom. The molecule has 6 rings (SSSR count). The summed E-state index contributed by atoms with van der Waals surface area (Å²) in [7, 11) is 0. The molecule has 1 N–H and O–H groups in total. The topological polar surface area (TPSA) is 76.0 Å². The Morgan fingerprint density at radius 3 is 2.87 bits per heavy atom. The molecule has 5 aromatic rings. The molecule has 154 valence electrons. The van der Waals surface area contributed by atoms with Gasteiger partial charge in [0, 0.05) is 22.1 Å². The highest BCUT2D eigenvalue weighted by molar-refractivity contribution is 7.98. The van der Waals surface area contributed by atoms with Gasteiger partial charge in [-0.25, -0.2) is 9.78 Å². The lowest BCUT2D eigenvalue weighted by atomic mass is 9.97. The average molecular weight is 447 g/mol. The second-order valence-corrected chi connectivity index (χ2v) is 9.85. The van der Waals surface area contributed by atoms with Gasteiger partial charge in [-0.05, 0) is 53.6 Å². The van der Waals surface area contributed by atoms with E-state index >= 15 is 0 Å². The number of thioether (sulfide) groups is 1. The third kappa shape index (κ3) is 3.20. The van der Waals surface area contributed by atoms with Crippen molar-refractivity contribution in [1.82, 2.24) is 9.97 Å². The van der Waals surface area contributed by atoms with Crippen LogP contribution in [-0.4, -0.2) is 9.97 Å². The van der Waals surface area contributed by atoms with E-state index in [-0.39, 0.29) is 11.2 Å². The van der Waals surface area contributed by atoms with Crippen molar-refractivity contribution in [3.8, 4) is 0 Å². The smallest absolute Gasteiger partial charge is 0.336 e. The van der Waals surface area contributed by atoms with Gasteiger partial charge in [-0.15, -0.1) is 11.3 Å². The van der Waals surface area contributed by atoms with E-state index in [1.165, 1.54) is 28.6 Å². The van der Waals surface area contributed by atoms with E-state index < -0.39 is 0 Å². The molecule has 0 aliphatic heterocycles. The zero-order valence-electron chi connectivity index (χ0n) is 16.6. The highest BCUT2D eigenvalue weighted by Crippen LogP contribution is 2.35. The summed E-state index contributed by atoms with van der Waals surface area (Å²) in [5.41, 5.74) is 2.21. The zero-order chi connectivity index (χ0) is 20.9. The summed E-state index contributed by atoms with van der Waals surface area (Å²) in [6.45, 7) is 0. The van der Waals surface area contributed by atoms with Crippen LogP contribution < -0.4 is 11.2 Å². The fourth-order valence-electron chi connectivity index (χ4n) is 4.49. The average Bonchev–Trinajstić information content (AvgIpc) is 3.16. The second kappa shape index (κ2) is 7.35. The highest BCUT2D eigenvalue weighted by Gasteiger charge is 2.20. The number of nitrogens with one attached hydrogen (secondary N) is 1. The number of aromatic amines is 1. The number of nitrogens with zero attached hydrogens (tertiary/aromatic N) is 1. The Bertz CT molecular complexity index is 1600. The monoisotopic (exact) mass is 446 g/mol. The molecule has 31 heavy (non-hydrogen) atoms. The van der Waals surface area contributed by atoms with E-state index in [1.807, 2.05) is 36.4 Å². The fraction of sp³-hybridized carbons (Fsp3) is 0.208. The number of benzene rings is 2. The molecule has 2 aromatic carbocycles. The van der Waals surface area contributed by atoms with Crippen LogP contribution in [0, 0.1) is 0 Å². The lowest BCUT2D eigenvalue weighted by Gasteiger charge is -2.09. The first kappa shape index (κ1) is 18.8. The number of rotatable bonds is 3. The highest BCUT2D eigenvalue weighted by atomic mass is 32.2. The van der Waals surface area contributed by atoms with Gasteiger partial charge in [0.15, 0.2) is 5.16 Å². The standard InChI is InChI=1S/C24H18N2O3S2/c27-19-11-14(20-15-6-2-1-5-13(15)9-10-17(20)29-19)12-30-24-25-22(28)21-16-7-3-4-8-18(16)31-23(21)26-24/h1-2,5-6,9-11H,3-4,7-8,12H2,(H,25,26,28). The minimum atomic E-state index is -0.374. The van der Waals surface area contributed by atoms with Crippen LogP contribution in [0.1, 0.15) is 28.8 Å². The first-order chi connectivity index (χ1) is 15.2. The van der Waals surface area contributed by atoms with Crippen molar-refractivity contribution < 1.29 is 4.42 Å².